The van der Waals surface area contributed by atoms with Crippen LogP contribution in [0, 0.1) is 5.92 Å². The average Bonchev–Trinajstić information content (AvgIpc) is 3.41. The zero-order valence-corrected chi connectivity index (χ0v) is 21.5. The molecule has 12 heteroatoms. The summed E-state index contributed by atoms with van der Waals surface area (Å²) in [6.07, 6.45) is 3.21. The van der Waals surface area contributed by atoms with Gasteiger partial charge in [0, 0.05) is 18.7 Å². The van der Waals surface area contributed by atoms with Crippen molar-refractivity contribution < 1.29 is 22.7 Å². The number of ether oxygens (including phenoxy) is 1. The van der Waals surface area contributed by atoms with Crippen molar-refractivity contribution in [2.75, 3.05) is 25.5 Å². The lowest BCUT2D eigenvalue weighted by Crippen LogP contribution is -2.62. The minimum absolute atomic E-state index is 0.0513. The van der Waals surface area contributed by atoms with E-state index in [1.807, 2.05) is 28.9 Å². The molecule has 0 spiro atoms. The number of amides is 1. The number of nitrogen functional groups attached to an aromatic ring is 1. The Morgan fingerprint density at radius 2 is 1.82 bits per heavy atom. The second kappa shape index (κ2) is 10.4. The van der Waals surface area contributed by atoms with Crippen LogP contribution in [0.5, 0.6) is 0 Å². The number of morpholine rings is 1. The Bertz CT molecular complexity index is 1330. The Morgan fingerprint density at radius 3 is 2.51 bits per heavy atom. The molecule has 6 rings (SSSR count). The maximum Gasteiger partial charge on any atom is 0.406 e. The zero-order valence-electron chi connectivity index (χ0n) is 21.5. The number of hydrogen-bond acceptors (Lipinski definition) is 7. The summed E-state index contributed by atoms with van der Waals surface area (Å²) in [6, 6.07) is 5.08. The molecule has 3 heterocycles. The lowest BCUT2D eigenvalue weighted by atomic mass is 10.1. The molecule has 2 atom stereocenters. The minimum Gasteiger partial charge on any atom is -0.383 e. The third-order valence-electron chi connectivity index (χ3n) is 8.08. The van der Waals surface area contributed by atoms with Gasteiger partial charge in [-0.1, -0.05) is 37.1 Å². The third kappa shape index (κ3) is 5.31. The van der Waals surface area contributed by atoms with Crippen molar-refractivity contribution >= 4 is 22.8 Å². The summed E-state index contributed by atoms with van der Waals surface area (Å²) in [5.74, 6) is 0.126. The molecule has 208 valence electrons. The van der Waals surface area contributed by atoms with Crippen LogP contribution in [0.4, 0.5) is 19.0 Å². The highest BCUT2D eigenvalue weighted by atomic mass is 19.4. The van der Waals surface area contributed by atoms with Gasteiger partial charge in [0.15, 0.2) is 5.65 Å². The topological polar surface area (TPSA) is 111 Å². The molecule has 3 aliphatic rings. The molecule has 3 aromatic rings. The van der Waals surface area contributed by atoms with Crippen molar-refractivity contribution in [3.05, 3.63) is 36.2 Å². The lowest BCUT2D eigenvalue weighted by molar-refractivity contribution is -0.222. The molecule has 2 aromatic heterocycles. The van der Waals surface area contributed by atoms with Crippen molar-refractivity contribution in [1.29, 1.82) is 0 Å². The summed E-state index contributed by atoms with van der Waals surface area (Å²) in [6.45, 7) is -0.0484. The van der Waals surface area contributed by atoms with E-state index in [1.165, 1.54) is 11.2 Å². The van der Waals surface area contributed by atoms with Crippen molar-refractivity contribution in [2.24, 2.45) is 5.92 Å². The van der Waals surface area contributed by atoms with Gasteiger partial charge in [0.25, 0.3) is 0 Å². The average molecular weight is 544 g/mol. The molecule has 9 nitrogen and oxygen atoms in total. The van der Waals surface area contributed by atoms with E-state index in [0.29, 0.717) is 11.5 Å². The minimum atomic E-state index is -4.45. The standard InChI is InChI=1S/C27H32F3N7O2/c28-27(29,30)21-14-39-13-20(36(21)12-17-5-6-17)26(38)32-11-16-7-9-18(10-8-16)23-22-24(31)33-15-34-25(22)37(35-23)19-3-1-2-4-19/h7-10,15,17,19-21H,1-6,11-14H2,(H,32,38)(H2,31,33,34). The summed E-state index contributed by atoms with van der Waals surface area (Å²) in [5, 5.41) is 8.42. The van der Waals surface area contributed by atoms with Crippen LogP contribution in [-0.4, -0.2) is 68.6 Å². The Hall–Kier alpha value is -3.25. The SMILES string of the molecule is Nc1ncnc2c1c(-c1ccc(CNC(=O)C3COCC(C(F)(F)F)N3CC3CC3)cc1)nn2C1CCCC1. The Labute approximate surface area is 223 Å². The fraction of sp³-hybridized carbons (Fsp3) is 0.556. The Kier molecular flexibility index (Phi) is 6.92. The lowest BCUT2D eigenvalue weighted by Gasteiger charge is -2.41. The fourth-order valence-electron chi connectivity index (χ4n) is 5.75. The number of carbonyl (C=O) groups excluding carboxylic acids is 1. The largest absolute Gasteiger partial charge is 0.406 e. The predicted molar refractivity (Wildman–Crippen MR) is 138 cm³/mol. The first-order valence-corrected chi connectivity index (χ1v) is 13.6. The Morgan fingerprint density at radius 1 is 1.08 bits per heavy atom. The van der Waals surface area contributed by atoms with Gasteiger partial charge in [-0.2, -0.15) is 18.3 Å². The van der Waals surface area contributed by atoms with Crippen LogP contribution in [-0.2, 0) is 16.1 Å². The summed E-state index contributed by atoms with van der Waals surface area (Å²) in [7, 11) is 0. The van der Waals surface area contributed by atoms with Crippen LogP contribution < -0.4 is 11.1 Å². The van der Waals surface area contributed by atoms with Crippen LogP contribution in [0.25, 0.3) is 22.3 Å². The molecule has 3 fully saturated rings. The van der Waals surface area contributed by atoms with E-state index in [-0.39, 0.29) is 31.7 Å². The number of benzene rings is 1. The van der Waals surface area contributed by atoms with E-state index < -0.39 is 30.8 Å². The van der Waals surface area contributed by atoms with Gasteiger partial charge in [-0.05, 0) is 37.2 Å². The first-order valence-electron chi connectivity index (χ1n) is 13.6. The molecule has 0 radical (unpaired) electrons. The second-order valence-corrected chi connectivity index (χ2v) is 10.9. The number of rotatable bonds is 7. The molecule has 1 saturated heterocycles. The molecule has 3 N–H and O–H groups in total. The first-order chi connectivity index (χ1) is 18.8. The molecule has 2 aliphatic carbocycles. The number of hydrogen-bond donors (Lipinski definition) is 2. The second-order valence-electron chi connectivity index (χ2n) is 10.9. The van der Waals surface area contributed by atoms with Crippen LogP contribution in [0.2, 0.25) is 0 Å². The summed E-state index contributed by atoms with van der Waals surface area (Å²) < 4.78 is 48.2. The van der Waals surface area contributed by atoms with Gasteiger partial charge in [-0.25, -0.2) is 14.6 Å². The van der Waals surface area contributed by atoms with Gasteiger partial charge in [0.1, 0.15) is 29.9 Å². The normalized spacial score (nSPS) is 22.9. The molecule has 2 unspecified atom stereocenters. The Balaban J connectivity index is 1.17. The molecular weight excluding hydrogens is 511 g/mol. The molecule has 0 bridgehead atoms. The first kappa shape index (κ1) is 26.0. The number of aromatic nitrogens is 4. The maximum atomic E-state index is 13.7. The molecule has 1 amide bonds. The number of anilines is 1. The highest BCUT2D eigenvalue weighted by molar-refractivity contribution is 5.98. The van der Waals surface area contributed by atoms with Crippen LogP contribution in [0.3, 0.4) is 0 Å². The molecule has 39 heavy (non-hydrogen) atoms. The van der Waals surface area contributed by atoms with Crippen molar-refractivity contribution in [3.8, 4) is 11.3 Å². The summed E-state index contributed by atoms with van der Waals surface area (Å²) in [5.41, 5.74) is 9.32. The smallest absolute Gasteiger partial charge is 0.383 e. The van der Waals surface area contributed by atoms with Gasteiger partial charge in [0.05, 0.1) is 24.6 Å². The van der Waals surface area contributed by atoms with Crippen LogP contribution in [0.15, 0.2) is 30.6 Å². The number of alkyl halides is 3. The highest BCUT2D eigenvalue weighted by Crippen LogP contribution is 2.37. The van der Waals surface area contributed by atoms with E-state index in [2.05, 4.69) is 15.3 Å². The number of carbonyl (C=O) groups is 1. The summed E-state index contributed by atoms with van der Waals surface area (Å²) >= 11 is 0. The zero-order chi connectivity index (χ0) is 27.1. The van der Waals surface area contributed by atoms with E-state index in [0.717, 1.165) is 60.7 Å². The number of nitrogens with zero attached hydrogens (tertiary/aromatic N) is 5. The van der Waals surface area contributed by atoms with E-state index >= 15 is 0 Å². The fourth-order valence-corrected chi connectivity index (χ4v) is 5.75. The molecule has 1 aromatic carbocycles. The van der Waals surface area contributed by atoms with E-state index in [1.54, 1.807) is 0 Å². The van der Waals surface area contributed by atoms with Crippen LogP contribution >= 0.6 is 0 Å². The molecular formula is C27H32F3N7O2. The van der Waals surface area contributed by atoms with Gasteiger partial charge < -0.3 is 15.8 Å². The number of nitrogens with two attached hydrogens (primary N) is 1. The quantitative estimate of drug-likeness (QED) is 0.466. The number of halogens is 3. The maximum absolute atomic E-state index is 13.7. The van der Waals surface area contributed by atoms with Crippen molar-refractivity contribution in [3.63, 3.8) is 0 Å². The molecule has 2 saturated carbocycles. The highest BCUT2D eigenvalue weighted by Gasteiger charge is 2.50. The van der Waals surface area contributed by atoms with Gasteiger partial charge >= 0.3 is 6.18 Å². The van der Waals surface area contributed by atoms with Crippen molar-refractivity contribution in [1.82, 2.24) is 30.0 Å². The number of nitrogens with one attached hydrogen (secondary N) is 1. The van der Waals surface area contributed by atoms with E-state index in [4.69, 9.17) is 15.6 Å². The van der Waals surface area contributed by atoms with Gasteiger partial charge in [-0.15, -0.1) is 0 Å². The summed E-state index contributed by atoms with van der Waals surface area (Å²) in [4.78, 5) is 22.9. The molecule has 1 aliphatic heterocycles. The van der Waals surface area contributed by atoms with E-state index in [9.17, 15) is 18.0 Å². The third-order valence-corrected chi connectivity index (χ3v) is 8.08. The monoisotopic (exact) mass is 543 g/mol. The van der Waals surface area contributed by atoms with Crippen molar-refractivity contribution in [2.45, 2.75) is 69.4 Å². The number of fused-ring (bicyclic) bond motifs is 1. The van der Waals surface area contributed by atoms with Gasteiger partial charge in [0.2, 0.25) is 5.91 Å². The predicted octanol–water partition coefficient (Wildman–Crippen LogP) is 3.85. The van der Waals surface area contributed by atoms with Crippen LogP contribution in [0.1, 0.15) is 50.1 Å². The van der Waals surface area contributed by atoms with Gasteiger partial charge in [-0.3, -0.25) is 9.69 Å².